The Morgan fingerprint density at radius 1 is 0.964 bits per heavy atom. The molecule has 0 unspecified atom stereocenters. The van der Waals surface area contributed by atoms with Crippen LogP contribution in [0.25, 0.3) is 10.9 Å². The quantitative estimate of drug-likeness (QED) is 0.698. The Morgan fingerprint density at radius 3 is 2.46 bits per heavy atom. The monoisotopic (exact) mass is 395 g/mol. The summed E-state index contributed by atoms with van der Waals surface area (Å²) in [5, 5.41) is 0.923. The lowest BCUT2D eigenvalue weighted by Crippen LogP contribution is -2.29. The van der Waals surface area contributed by atoms with E-state index in [0.29, 0.717) is 11.2 Å². The van der Waals surface area contributed by atoms with Crippen molar-refractivity contribution in [1.82, 2.24) is 9.88 Å². The van der Waals surface area contributed by atoms with E-state index in [1.54, 1.807) is 30.3 Å². The van der Waals surface area contributed by atoms with Gasteiger partial charge in [0.05, 0.1) is 21.8 Å². The van der Waals surface area contributed by atoms with Crippen molar-refractivity contribution < 1.29 is 8.42 Å². The van der Waals surface area contributed by atoms with Crippen LogP contribution in [0.4, 0.5) is 5.69 Å². The van der Waals surface area contributed by atoms with Crippen molar-refractivity contribution in [2.75, 3.05) is 17.8 Å². The van der Waals surface area contributed by atoms with Crippen LogP contribution in [0.15, 0.2) is 59.5 Å². The molecule has 1 fully saturated rings. The summed E-state index contributed by atoms with van der Waals surface area (Å²) in [6, 6.07) is 16.5. The molecule has 0 saturated carbocycles. The Balaban J connectivity index is 1.64. The minimum Gasteiger partial charge on any atom is -0.298 e. The summed E-state index contributed by atoms with van der Waals surface area (Å²) in [6.45, 7) is 4.93. The molecule has 146 valence electrons. The minimum absolute atomic E-state index is 0.250. The molecule has 0 aliphatic carbocycles. The molecule has 0 radical (unpaired) electrons. The highest BCUT2D eigenvalue weighted by Gasteiger charge is 2.17. The zero-order valence-corrected chi connectivity index (χ0v) is 16.9. The van der Waals surface area contributed by atoms with E-state index in [1.807, 2.05) is 31.2 Å². The molecule has 5 nitrogen and oxygen atoms in total. The number of piperidine rings is 1. The van der Waals surface area contributed by atoms with Crippen LogP contribution in [0.2, 0.25) is 0 Å². The van der Waals surface area contributed by atoms with Crippen LogP contribution >= 0.6 is 0 Å². The molecule has 0 atom stereocenters. The average Bonchev–Trinajstić information content (AvgIpc) is 2.69. The second-order valence-corrected chi connectivity index (χ2v) is 9.12. The number of rotatable bonds is 5. The fraction of sp³-hybridized carbons (Fsp3) is 0.318. The Morgan fingerprint density at radius 2 is 1.71 bits per heavy atom. The molecule has 4 rings (SSSR count). The molecule has 0 spiro atoms. The van der Waals surface area contributed by atoms with Gasteiger partial charge in [-0.05, 0) is 57.1 Å². The predicted molar refractivity (Wildman–Crippen MR) is 113 cm³/mol. The third-order valence-corrected chi connectivity index (χ3v) is 6.57. The van der Waals surface area contributed by atoms with Crippen LogP contribution in [0.5, 0.6) is 0 Å². The molecule has 1 N–H and O–H groups in total. The largest absolute Gasteiger partial charge is 0.298 e. The van der Waals surface area contributed by atoms with Gasteiger partial charge in [-0.25, -0.2) is 13.4 Å². The molecule has 6 heteroatoms. The zero-order valence-electron chi connectivity index (χ0n) is 16.1. The van der Waals surface area contributed by atoms with Gasteiger partial charge in [-0.3, -0.25) is 9.62 Å². The summed E-state index contributed by atoms with van der Waals surface area (Å²) < 4.78 is 28.3. The number of hydrogen-bond acceptors (Lipinski definition) is 4. The fourth-order valence-corrected chi connectivity index (χ4v) is 4.69. The number of likely N-dealkylation sites (tertiary alicyclic amines) is 1. The van der Waals surface area contributed by atoms with Gasteiger partial charge in [0, 0.05) is 11.9 Å². The van der Waals surface area contributed by atoms with E-state index in [1.165, 1.54) is 19.3 Å². The summed E-state index contributed by atoms with van der Waals surface area (Å²) in [5.74, 6) is 0. The summed E-state index contributed by atoms with van der Waals surface area (Å²) >= 11 is 0. The number of hydrogen-bond donors (Lipinski definition) is 1. The molecule has 0 bridgehead atoms. The third kappa shape index (κ3) is 4.18. The first-order chi connectivity index (χ1) is 13.5. The van der Waals surface area contributed by atoms with Crippen molar-refractivity contribution in [2.24, 2.45) is 0 Å². The molecule has 1 saturated heterocycles. The molecule has 1 aliphatic heterocycles. The second kappa shape index (κ2) is 7.89. The van der Waals surface area contributed by atoms with Crippen LogP contribution in [0, 0.1) is 6.92 Å². The van der Waals surface area contributed by atoms with Crippen LogP contribution in [0.1, 0.15) is 30.5 Å². The molecule has 1 aromatic heterocycles. The first-order valence-corrected chi connectivity index (χ1v) is 11.2. The van der Waals surface area contributed by atoms with Crippen molar-refractivity contribution in [3.05, 3.63) is 65.9 Å². The highest BCUT2D eigenvalue weighted by atomic mass is 32.2. The zero-order chi connectivity index (χ0) is 19.6. The molecular formula is C22H25N3O2S. The number of nitrogens with one attached hydrogen (secondary N) is 1. The fourth-order valence-electron chi connectivity index (χ4n) is 3.63. The number of aromatic nitrogens is 1. The van der Waals surface area contributed by atoms with Gasteiger partial charge in [0.2, 0.25) is 0 Å². The van der Waals surface area contributed by atoms with Crippen LogP contribution in [-0.4, -0.2) is 31.4 Å². The van der Waals surface area contributed by atoms with E-state index >= 15 is 0 Å². The number of sulfonamides is 1. The number of benzene rings is 2. The van der Waals surface area contributed by atoms with Gasteiger partial charge < -0.3 is 0 Å². The van der Waals surface area contributed by atoms with Gasteiger partial charge in [0.15, 0.2) is 0 Å². The smallest absolute Gasteiger partial charge is 0.261 e. The highest BCUT2D eigenvalue weighted by Crippen LogP contribution is 2.25. The van der Waals surface area contributed by atoms with Gasteiger partial charge in [-0.15, -0.1) is 0 Å². The minimum atomic E-state index is -3.66. The van der Waals surface area contributed by atoms with Crippen molar-refractivity contribution in [3.63, 3.8) is 0 Å². The van der Waals surface area contributed by atoms with E-state index in [2.05, 4.69) is 9.62 Å². The van der Waals surface area contributed by atoms with Crippen LogP contribution in [-0.2, 0) is 16.6 Å². The average molecular weight is 396 g/mol. The molecule has 2 aromatic carbocycles. The van der Waals surface area contributed by atoms with E-state index in [0.717, 1.165) is 36.3 Å². The van der Waals surface area contributed by atoms with E-state index in [4.69, 9.17) is 4.98 Å². The maximum absolute atomic E-state index is 12.8. The number of anilines is 1. The molecule has 3 aromatic rings. The maximum Gasteiger partial charge on any atom is 0.261 e. The number of para-hydroxylation sites is 1. The van der Waals surface area contributed by atoms with Gasteiger partial charge >= 0.3 is 0 Å². The summed E-state index contributed by atoms with van der Waals surface area (Å²) in [7, 11) is -3.66. The summed E-state index contributed by atoms with van der Waals surface area (Å²) in [5.41, 5.74) is 3.19. The summed E-state index contributed by atoms with van der Waals surface area (Å²) in [6.07, 6.45) is 3.76. The van der Waals surface area contributed by atoms with Crippen LogP contribution in [0.3, 0.4) is 0 Å². The number of pyridine rings is 1. The molecule has 1 aliphatic rings. The first kappa shape index (κ1) is 18.9. The predicted octanol–water partition coefficient (Wildman–Crippen LogP) is 4.33. The second-order valence-electron chi connectivity index (χ2n) is 7.44. The number of aryl methyl sites for hydroxylation is 1. The number of fused-ring (bicyclic) bond motifs is 1. The first-order valence-electron chi connectivity index (χ1n) is 9.72. The van der Waals surface area contributed by atoms with Gasteiger partial charge in [0.25, 0.3) is 10.0 Å². The number of nitrogens with zero attached hydrogens (tertiary/aromatic N) is 2. The Kier molecular flexibility index (Phi) is 5.33. The van der Waals surface area contributed by atoms with Gasteiger partial charge in [-0.2, -0.15) is 0 Å². The van der Waals surface area contributed by atoms with E-state index in [9.17, 15) is 8.42 Å². The Bertz CT molecular complexity index is 1070. The van der Waals surface area contributed by atoms with E-state index < -0.39 is 10.0 Å². The van der Waals surface area contributed by atoms with Gasteiger partial charge in [0.1, 0.15) is 0 Å². The molecule has 28 heavy (non-hydrogen) atoms. The molecule has 0 amide bonds. The van der Waals surface area contributed by atoms with Crippen molar-refractivity contribution >= 4 is 26.6 Å². The maximum atomic E-state index is 12.8. The summed E-state index contributed by atoms with van der Waals surface area (Å²) in [4.78, 5) is 7.46. The topological polar surface area (TPSA) is 62.3 Å². The molecule has 2 heterocycles. The lowest BCUT2D eigenvalue weighted by atomic mass is 10.1. The standard InChI is InChI=1S/C22H25N3O2S/c1-17-8-12-20(13-9-17)28(26,27)24-21-7-5-6-18-10-11-19(23-22(18)21)16-25-14-3-2-4-15-25/h5-13,24H,2-4,14-16H2,1H3. The van der Waals surface area contributed by atoms with Gasteiger partial charge in [-0.1, -0.05) is 42.3 Å². The van der Waals surface area contributed by atoms with Crippen molar-refractivity contribution in [3.8, 4) is 0 Å². The highest BCUT2D eigenvalue weighted by molar-refractivity contribution is 7.92. The SMILES string of the molecule is Cc1ccc(S(=O)(=O)Nc2cccc3ccc(CN4CCCCC4)nc23)cc1. The van der Waals surface area contributed by atoms with Crippen LogP contribution < -0.4 is 4.72 Å². The molecular weight excluding hydrogens is 370 g/mol. The lowest BCUT2D eigenvalue weighted by Gasteiger charge is -2.26. The third-order valence-electron chi connectivity index (χ3n) is 5.19. The normalized spacial score (nSPS) is 15.6. The lowest BCUT2D eigenvalue weighted by molar-refractivity contribution is 0.219. The van der Waals surface area contributed by atoms with Crippen molar-refractivity contribution in [2.45, 2.75) is 37.6 Å². The van der Waals surface area contributed by atoms with E-state index in [-0.39, 0.29) is 4.90 Å². The Hall–Kier alpha value is -2.44. The van der Waals surface area contributed by atoms with Crippen molar-refractivity contribution in [1.29, 1.82) is 0 Å². The Labute approximate surface area is 166 Å².